The molecule has 0 atom stereocenters. The van der Waals surface area contributed by atoms with Gasteiger partial charge in [0.25, 0.3) is 0 Å². The molecule has 0 aliphatic rings. The molecule has 2 aromatic heterocycles. The highest BCUT2D eigenvalue weighted by Crippen LogP contribution is 2.33. The van der Waals surface area contributed by atoms with Crippen molar-refractivity contribution in [1.29, 1.82) is 0 Å². The highest BCUT2D eigenvalue weighted by atomic mass is 16.3. The molecule has 0 aliphatic carbocycles. The maximum atomic E-state index is 12.6. The van der Waals surface area contributed by atoms with Crippen molar-refractivity contribution in [1.82, 2.24) is 0 Å². The summed E-state index contributed by atoms with van der Waals surface area (Å²) in [7, 11) is 0. The molecule has 0 spiro atoms. The van der Waals surface area contributed by atoms with Crippen molar-refractivity contribution in [2.75, 3.05) is 0 Å². The van der Waals surface area contributed by atoms with Crippen molar-refractivity contribution in [2.45, 2.75) is 65.2 Å². The predicted octanol–water partition coefficient (Wildman–Crippen LogP) is 5.09. The van der Waals surface area contributed by atoms with Crippen LogP contribution in [0.2, 0.25) is 0 Å². The smallest absolute Gasteiger partial charge is 0.134 e. The molecule has 0 saturated carbocycles. The van der Waals surface area contributed by atoms with Crippen LogP contribution < -0.4 is 0 Å². The Hall–Kier alpha value is -1.77. The van der Waals surface area contributed by atoms with E-state index in [0.717, 1.165) is 23.0 Å². The minimum absolute atomic E-state index is 0.220. The molecule has 0 radical (unpaired) electrons. The molecule has 0 fully saturated rings. The Morgan fingerprint density at radius 1 is 0.818 bits per heavy atom. The van der Waals surface area contributed by atoms with Crippen molar-refractivity contribution >= 4 is 5.78 Å². The molecule has 22 heavy (non-hydrogen) atoms. The van der Waals surface area contributed by atoms with E-state index < -0.39 is 0 Å². The van der Waals surface area contributed by atoms with Crippen LogP contribution in [0.4, 0.5) is 0 Å². The molecular formula is C19H26O3. The van der Waals surface area contributed by atoms with Gasteiger partial charge in [0.05, 0.1) is 0 Å². The Balaban J connectivity index is 2.06. The molecular weight excluding hydrogens is 276 g/mol. The largest absolute Gasteiger partial charge is 0.466 e. The van der Waals surface area contributed by atoms with E-state index in [4.69, 9.17) is 8.83 Å². The van der Waals surface area contributed by atoms with Crippen LogP contribution in [0.1, 0.15) is 63.6 Å². The van der Waals surface area contributed by atoms with E-state index in [2.05, 4.69) is 0 Å². The Labute approximate surface area is 132 Å². The number of Topliss-reactive ketones (excluding diaryl/α,β-unsaturated/α-hetero) is 1. The van der Waals surface area contributed by atoms with Crippen LogP contribution in [0.15, 0.2) is 33.1 Å². The molecule has 2 rings (SSSR count). The van der Waals surface area contributed by atoms with Gasteiger partial charge in [-0.25, -0.2) is 0 Å². The first-order valence-electron chi connectivity index (χ1n) is 7.76. The Bertz CT molecular complexity index is 600. The predicted molar refractivity (Wildman–Crippen MR) is 87.2 cm³/mol. The first-order chi connectivity index (χ1) is 10.1. The standard InChI is InChI=1S/C19H26O3/c1-13-7-9-16(21-13)18(3,4)11-15(20)12-19(5,6)17-10-8-14(2)22-17/h7-10H,11-12H2,1-6H3. The average Bonchev–Trinajstić information content (AvgIpc) is 2.96. The second-order valence-electron chi connectivity index (χ2n) is 7.48. The summed E-state index contributed by atoms with van der Waals surface area (Å²) < 4.78 is 11.4. The second kappa shape index (κ2) is 5.79. The number of aryl methyl sites for hydroxylation is 2. The van der Waals surface area contributed by atoms with E-state index in [1.807, 2.05) is 65.8 Å². The number of carbonyl (C=O) groups excluding carboxylic acids is 1. The number of hydrogen-bond donors (Lipinski definition) is 0. The van der Waals surface area contributed by atoms with E-state index in [-0.39, 0.29) is 16.6 Å². The summed E-state index contributed by atoms with van der Waals surface area (Å²) in [6.07, 6.45) is 0.923. The molecule has 3 heteroatoms. The van der Waals surface area contributed by atoms with E-state index in [0.29, 0.717) is 12.8 Å². The zero-order valence-electron chi connectivity index (χ0n) is 14.4. The SMILES string of the molecule is Cc1ccc(C(C)(C)CC(=O)CC(C)(C)c2ccc(C)o2)o1. The van der Waals surface area contributed by atoms with E-state index in [1.54, 1.807) is 0 Å². The van der Waals surface area contributed by atoms with Crippen LogP contribution in [0.25, 0.3) is 0 Å². The normalized spacial score (nSPS) is 12.6. The Kier molecular flexibility index (Phi) is 4.37. The van der Waals surface area contributed by atoms with Crippen LogP contribution in [-0.2, 0) is 15.6 Å². The van der Waals surface area contributed by atoms with Gasteiger partial charge in [0.2, 0.25) is 0 Å². The maximum absolute atomic E-state index is 12.6. The van der Waals surface area contributed by atoms with E-state index in [1.165, 1.54) is 0 Å². The first kappa shape index (κ1) is 16.6. The molecule has 0 unspecified atom stereocenters. The zero-order chi connectivity index (χ0) is 16.5. The van der Waals surface area contributed by atoms with E-state index >= 15 is 0 Å². The number of ketones is 1. The highest BCUT2D eigenvalue weighted by molar-refractivity contribution is 5.81. The van der Waals surface area contributed by atoms with Gasteiger partial charge in [-0.1, -0.05) is 27.7 Å². The number of hydrogen-bond acceptors (Lipinski definition) is 3. The molecule has 0 saturated heterocycles. The minimum atomic E-state index is -0.291. The monoisotopic (exact) mass is 302 g/mol. The molecule has 0 N–H and O–H groups in total. The van der Waals surface area contributed by atoms with Gasteiger partial charge in [0.1, 0.15) is 28.8 Å². The maximum Gasteiger partial charge on any atom is 0.134 e. The van der Waals surface area contributed by atoms with Gasteiger partial charge in [-0.3, -0.25) is 4.79 Å². The van der Waals surface area contributed by atoms with Gasteiger partial charge >= 0.3 is 0 Å². The number of carbonyl (C=O) groups is 1. The van der Waals surface area contributed by atoms with E-state index in [9.17, 15) is 4.79 Å². The quantitative estimate of drug-likeness (QED) is 0.746. The van der Waals surface area contributed by atoms with Crippen molar-refractivity contribution < 1.29 is 13.6 Å². The molecule has 2 heterocycles. The molecule has 0 amide bonds. The first-order valence-corrected chi connectivity index (χ1v) is 7.76. The number of furan rings is 2. The van der Waals surface area contributed by atoms with Gasteiger partial charge in [-0.05, 0) is 38.1 Å². The second-order valence-corrected chi connectivity index (χ2v) is 7.48. The van der Waals surface area contributed by atoms with Gasteiger partial charge in [-0.2, -0.15) is 0 Å². The van der Waals surface area contributed by atoms with Crippen LogP contribution in [0, 0.1) is 13.8 Å². The lowest BCUT2D eigenvalue weighted by Crippen LogP contribution is -2.27. The summed E-state index contributed by atoms with van der Waals surface area (Å²) in [6, 6.07) is 7.81. The molecule has 0 aromatic carbocycles. The van der Waals surface area contributed by atoms with Crippen molar-refractivity contribution in [3.05, 3.63) is 47.3 Å². The van der Waals surface area contributed by atoms with Crippen LogP contribution in [0.3, 0.4) is 0 Å². The van der Waals surface area contributed by atoms with Crippen molar-refractivity contribution in [3.8, 4) is 0 Å². The lowest BCUT2D eigenvalue weighted by Gasteiger charge is -2.25. The highest BCUT2D eigenvalue weighted by Gasteiger charge is 2.32. The molecule has 3 nitrogen and oxygen atoms in total. The van der Waals surface area contributed by atoms with Gasteiger partial charge in [-0.15, -0.1) is 0 Å². The van der Waals surface area contributed by atoms with Crippen molar-refractivity contribution in [3.63, 3.8) is 0 Å². The van der Waals surface area contributed by atoms with Crippen LogP contribution >= 0.6 is 0 Å². The lowest BCUT2D eigenvalue weighted by molar-refractivity contribution is -0.121. The fraction of sp³-hybridized carbons (Fsp3) is 0.526. The fourth-order valence-electron chi connectivity index (χ4n) is 2.82. The zero-order valence-corrected chi connectivity index (χ0v) is 14.4. The number of rotatable bonds is 6. The molecule has 0 aliphatic heterocycles. The average molecular weight is 302 g/mol. The summed E-state index contributed by atoms with van der Waals surface area (Å²) in [4.78, 5) is 12.6. The van der Waals surface area contributed by atoms with Crippen LogP contribution in [-0.4, -0.2) is 5.78 Å². The Morgan fingerprint density at radius 3 is 1.45 bits per heavy atom. The summed E-state index contributed by atoms with van der Waals surface area (Å²) in [5, 5.41) is 0. The minimum Gasteiger partial charge on any atom is -0.466 e. The lowest BCUT2D eigenvalue weighted by atomic mass is 9.78. The third-order valence-corrected chi connectivity index (χ3v) is 4.09. The van der Waals surface area contributed by atoms with Gasteiger partial charge in [0.15, 0.2) is 0 Å². The third kappa shape index (κ3) is 3.70. The summed E-state index contributed by atoms with van der Waals surface area (Å²) >= 11 is 0. The fourth-order valence-corrected chi connectivity index (χ4v) is 2.82. The third-order valence-electron chi connectivity index (χ3n) is 4.09. The Morgan fingerprint density at radius 2 is 1.18 bits per heavy atom. The topological polar surface area (TPSA) is 43.4 Å². The van der Waals surface area contributed by atoms with Gasteiger partial charge < -0.3 is 8.83 Å². The molecule has 0 bridgehead atoms. The van der Waals surface area contributed by atoms with Crippen LogP contribution in [0.5, 0.6) is 0 Å². The summed E-state index contributed by atoms with van der Waals surface area (Å²) in [6.45, 7) is 12.0. The summed E-state index contributed by atoms with van der Waals surface area (Å²) in [5.41, 5.74) is -0.582. The molecule has 2 aromatic rings. The van der Waals surface area contributed by atoms with Crippen molar-refractivity contribution in [2.24, 2.45) is 0 Å². The summed E-state index contributed by atoms with van der Waals surface area (Å²) in [5.74, 6) is 3.71. The van der Waals surface area contributed by atoms with Gasteiger partial charge in [0, 0.05) is 23.7 Å². The molecule has 120 valence electrons.